The number of halogens is 1. The van der Waals surface area contributed by atoms with Gasteiger partial charge in [0.1, 0.15) is 0 Å². The van der Waals surface area contributed by atoms with Crippen LogP contribution in [0.15, 0.2) is 18.2 Å². The first-order valence-electron chi connectivity index (χ1n) is 5.10. The normalized spacial score (nSPS) is 20.1. The second-order valence-electron chi connectivity index (χ2n) is 3.93. The quantitative estimate of drug-likeness (QED) is 0.724. The fourth-order valence-corrected chi connectivity index (χ4v) is 2.00. The van der Waals surface area contributed by atoms with Gasteiger partial charge in [0.25, 0.3) is 5.91 Å². The molecule has 0 saturated carbocycles. The number of nitrogens with two attached hydrogens (primary N) is 1. The van der Waals surface area contributed by atoms with Gasteiger partial charge in [0, 0.05) is 18.8 Å². The van der Waals surface area contributed by atoms with Crippen LogP contribution in [0.2, 0.25) is 5.02 Å². The number of nitrogen functional groups attached to an aromatic ring is 1. The molecule has 0 radical (unpaired) electrons. The number of rotatable bonds is 1. The summed E-state index contributed by atoms with van der Waals surface area (Å²) in [6, 6.07) is 4.82. The minimum Gasteiger partial charge on any atom is -0.399 e. The number of benzene rings is 1. The van der Waals surface area contributed by atoms with Gasteiger partial charge in [0.2, 0.25) is 0 Å². The van der Waals surface area contributed by atoms with Crippen molar-refractivity contribution in [2.45, 2.75) is 12.5 Å². The molecule has 1 atom stereocenters. The number of nitrogens with zero attached hydrogens (tertiary/aromatic N) is 1. The molecular formula is C11H13ClN2O2. The number of hydrogen-bond acceptors (Lipinski definition) is 3. The lowest BCUT2D eigenvalue weighted by molar-refractivity contribution is 0.0765. The molecule has 2 rings (SSSR count). The molecule has 1 aliphatic heterocycles. The van der Waals surface area contributed by atoms with Crippen molar-refractivity contribution in [1.29, 1.82) is 0 Å². The predicted octanol–water partition coefficient (Wildman–Crippen LogP) is 1.13. The zero-order valence-electron chi connectivity index (χ0n) is 8.69. The Morgan fingerprint density at radius 3 is 2.94 bits per heavy atom. The van der Waals surface area contributed by atoms with Gasteiger partial charge in [0.15, 0.2) is 0 Å². The molecule has 1 heterocycles. The molecule has 0 spiro atoms. The van der Waals surface area contributed by atoms with Crippen molar-refractivity contribution in [3.63, 3.8) is 0 Å². The highest BCUT2D eigenvalue weighted by Gasteiger charge is 2.26. The van der Waals surface area contributed by atoms with Crippen molar-refractivity contribution >= 4 is 23.2 Å². The van der Waals surface area contributed by atoms with Crippen LogP contribution in [-0.4, -0.2) is 35.1 Å². The number of β-amino-alcohol motifs (C(OH)–C–C–N with tert-alkyl or cyclic N) is 1. The maximum atomic E-state index is 12.0. The minimum atomic E-state index is -0.427. The fraction of sp³-hybridized carbons (Fsp3) is 0.364. The SMILES string of the molecule is Nc1ccc(Cl)c(C(=O)N2CCC(O)C2)c1. The first-order valence-corrected chi connectivity index (χ1v) is 5.48. The molecule has 0 aromatic heterocycles. The summed E-state index contributed by atoms with van der Waals surface area (Å²) in [6.07, 6.45) is 0.190. The number of hydrogen-bond donors (Lipinski definition) is 2. The van der Waals surface area contributed by atoms with Crippen LogP contribution in [-0.2, 0) is 0 Å². The van der Waals surface area contributed by atoms with E-state index in [4.69, 9.17) is 17.3 Å². The van der Waals surface area contributed by atoms with E-state index >= 15 is 0 Å². The molecule has 1 unspecified atom stereocenters. The minimum absolute atomic E-state index is 0.172. The van der Waals surface area contributed by atoms with E-state index in [0.717, 1.165) is 0 Å². The largest absolute Gasteiger partial charge is 0.399 e. The summed E-state index contributed by atoms with van der Waals surface area (Å²) in [5.41, 5.74) is 6.52. The first-order chi connectivity index (χ1) is 7.58. The summed E-state index contributed by atoms with van der Waals surface area (Å²) < 4.78 is 0. The van der Waals surface area contributed by atoms with Crippen molar-refractivity contribution in [3.05, 3.63) is 28.8 Å². The lowest BCUT2D eigenvalue weighted by Crippen LogP contribution is -2.29. The van der Waals surface area contributed by atoms with Gasteiger partial charge in [0.05, 0.1) is 16.7 Å². The molecule has 16 heavy (non-hydrogen) atoms. The Balaban J connectivity index is 2.23. The van der Waals surface area contributed by atoms with Gasteiger partial charge in [-0.2, -0.15) is 0 Å². The summed E-state index contributed by atoms with van der Waals surface area (Å²) in [5.74, 6) is -0.172. The van der Waals surface area contributed by atoms with Crippen LogP contribution in [0.25, 0.3) is 0 Å². The van der Waals surface area contributed by atoms with Gasteiger partial charge in [-0.15, -0.1) is 0 Å². The Hall–Kier alpha value is -1.26. The number of aliphatic hydroxyl groups excluding tert-OH is 1. The zero-order chi connectivity index (χ0) is 11.7. The smallest absolute Gasteiger partial charge is 0.255 e. The third-order valence-electron chi connectivity index (χ3n) is 2.67. The Morgan fingerprint density at radius 2 is 2.31 bits per heavy atom. The Bertz CT molecular complexity index is 422. The molecule has 1 aromatic rings. The van der Waals surface area contributed by atoms with Crippen LogP contribution in [0.4, 0.5) is 5.69 Å². The monoisotopic (exact) mass is 240 g/mol. The third kappa shape index (κ3) is 2.13. The number of amides is 1. The molecule has 5 heteroatoms. The molecule has 86 valence electrons. The number of likely N-dealkylation sites (tertiary alicyclic amines) is 1. The van der Waals surface area contributed by atoms with Crippen LogP contribution in [0.3, 0.4) is 0 Å². The molecular weight excluding hydrogens is 228 g/mol. The van der Waals surface area contributed by atoms with Gasteiger partial charge in [-0.1, -0.05) is 11.6 Å². The predicted molar refractivity (Wildman–Crippen MR) is 62.4 cm³/mol. The second-order valence-corrected chi connectivity index (χ2v) is 4.34. The maximum Gasteiger partial charge on any atom is 0.255 e. The maximum absolute atomic E-state index is 12.0. The Morgan fingerprint density at radius 1 is 1.56 bits per heavy atom. The van der Waals surface area contributed by atoms with Crippen LogP contribution < -0.4 is 5.73 Å². The standard InChI is InChI=1S/C11H13ClN2O2/c12-10-2-1-7(13)5-9(10)11(16)14-4-3-8(15)6-14/h1-2,5,8,15H,3-4,6,13H2. The summed E-state index contributed by atoms with van der Waals surface area (Å²) in [5, 5.41) is 9.76. The van der Waals surface area contributed by atoms with Crippen molar-refractivity contribution in [2.75, 3.05) is 18.8 Å². The summed E-state index contributed by atoms with van der Waals surface area (Å²) in [6.45, 7) is 0.926. The van der Waals surface area contributed by atoms with E-state index in [2.05, 4.69) is 0 Å². The first kappa shape index (κ1) is 11.2. The molecule has 1 saturated heterocycles. The number of aliphatic hydroxyl groups is 1. The van der Waals surface area contributed by atoms with Gasteiger partial charge < -0.3 is 15.7 Å². The highest BCUT2D eigenvalue weighted by molar-refractivity contribution is 6.34. The van der Waals surface area contributed by atoms with Crippen molar-refractivity contribution < 1.29 is 9.90 Å². The van der Waals surface area contributed by atoms with Gasteiger partial charge in [-0.25, -0.2) is 0 Å². The summed E-state index contributed by atoms with van der Waals surface area (Å²) in [4.78, 5) is 13.6. The number of carbonyl (C=O) groups is 1. The highest BCUT2D eigenvalue weighted by atomic mass is 35.5. The molecule has 1 amide bonds. The van der Waals surface area contributed by atoms with Gasteiger partial charge in [-0.3, -0.25) is 4.79 Å². The fourth-order valence-electron chi connectivity index (χ4n) is 1.80. The Kier molecular flexibility index (Phi) is 3.03. The number of carbonyl (C=O) groups excluding carboxylic acids is 1. The summed E-state index contributed by atoms with van der Waals surface area (Å²) >= 11 is 5.94. The molecule has 4 nitrogen and oxygen atoms in total. The van der Waals surface area contributed by atoms with Crippen LogP contribution in [0.1, 0.15) is 16.8 Å². The van der Waals surface area contributed by atoms with Gasteiger partial charge in [-0.05, 0) is 24.6 Å². The second kappa shape index (κ2) is 4.31. The molecule has 1 aromatic carbocycles. The van der Waals surface area contributed by atoms with E-state index in [1.54, 1.807) is 23.1 Å². The molecule has 0 aliphatic carbocycles. The van der Waals surface area contributed by atoms with Crippen LogP contribution in [0, 0.1) is 0 Å². The van der Waals surface area contributed by atoms with E-state index in [1.807, 2.05) is 0 Å². The van der Waals surface area contributed by atoms with Crippen molar-refractivity contribution in [3.8, 4) is 0 Å². The molecule has 3 N–H and O–H groups in total. The molecule has 1 fully saturated rings. The average molecular weight is 241 g/mol. The van der Waals surface area contributed by atoms with E-state index in [9.17, 15) is 9.90 Å². The van der Waals surface area contributed by atoms with E-state index < -0.39 is 6.10 Å². The van der Waals surface area contributed by atoms with Crippen LogP contribution >= 0.6 is 11.6 Å². The topological polar surface area (TPSA) is 66.6 Å². The highest BCUT2D eigenvalue weighted by Crippen LogP contribution is 2.22. The third-order valence-corrected chi connectivity index (χ3v) is 3.00. The van der Waals surface area contributed by atoms with Crippen molar-refractivity contribution in [1.82, 2.24) is 4.90 Å². The zero-order valence-corrected chi connectivity index (χ0v) is 9.44. The van der Waals surface area contributed by atoms with E-state index in [1.165, 1.54) is 0 Å². The lowest BCUT2D eigenvalue weighted by atomic mass is 10.2. The Labute approximate surface area is 98.6 Å². The molecule has 1 aliphatic rings. The van der Waals surface area contributed by atoms with Gasteiger partial charge >= 0.3 is 0 Å². The van der Waals surface area contributed by atoms with E-state index in [-0.39, 0.29) is 5.91 Å². The van der Waals surface area contributed by atoms with Crippen molar-refractivity contribution in [2.24, 2.45) is 0 Å². The van der Waals surface area contributed by atoms with E-state index in [0.29, 0.717) is 35.8 Å². The molecule has 0 bridgehead atoms. The van der Waals surface area contributed by atoms with Crippen LogP contribution in [0.5, 0.6) is 0 Å². The number of anilines is 1. The summed E-state index contributed by atoms with van der Waals surface area (Å²) in [7, 11) is 0. The lowest BCUT2D eigenvalue weighted by Gasteiger charge is -2.16. The average Bonchev–Trinajstić information content (AvgIpc) is 2.67.